The first-order valence-electron chi connectivity index (χ1n) is 1.23. The fourth-order valence-corrected chi connectivity index (χ4v) is 0. The molecule has 0 aromatic heterocycles. The second-order valence-electron chi connectivity index (χ2n) is 0.747. The van der Waals surface area contributed by atoms with Crippen molar-refractivity contribution in [2.45, 2.75) is 0 Å². The van der Waals surface area contributed by atoms with Crippen LogP contribution in [-0.2, 0) is 4.57 Å². The number of nitrogens with two attached hydrogens (primary N) is 1. The van der Waals surface area contributed by atoms with Crippen molar-refractivity contribution < 1.29 is 9.46 Å². The second-order valence-corrected chi connectivity index (χ2v) is 4.91. The van der Waals surface area contributed by atoms with Gasteiger partial charge in [-0.1, -0.05) is 11.4 Å². The van der Waals surface area contributed by atoms with E-state index in [0.717, 1.165) is 11.4 Å². The zero-order valence-electron chi connectivity index (χ0n) is 3.29. The maximum absolute atomic E-state index is 9.88. The Balaban J connectivity index is 3.48. The molecule has 0 bridgehead atoms. The van der Waals surface area contributed by atoms with Crippen LogP contribution in [0.1, 0.15) is 0 Å². The van der Waals surface area contributed by atoms with Crippen LogP contribution in [0.3, 0.4) is 0 Å². The highest BCUT2D eigenvalue weighted by Crippen LogP contribution is 2.43. The van der Waals surface area contributed by atoms with Crippen LogP contribution in [0.5, 0.6) is 0 Å². The number of hydrogen-bond acceptors (Lipinski definition) is 2. The maximum atomic E-state index is 9.88. The predicted molar refractivity (Wildman–Crippen MR) is 27.5 cm³/mol. The molecule has 0 aromatic carbocycles. The van der Waals surface area contributed by atoms with E-state index in [9.17, 15) is 4.57 Å². The van der Waals surface area contributed by atoms with Crippen LogP contribution in [0, 0.1) is 0 Å². The van der Waals surface area contributed by atoms with Gasteiger partial charge in [-0.3, -0.25) is 10.1 Å². The van der Waals surface area contributed by atoms with Crippen molar-refractivity contribution in [3.05, 3.63) is 0 Å². The van der Waals surface area contributed by atoms with Gasteiger partial charge in [0.25, 0.3) is 0 Å². The molecule has 0 rings (SSSR count). The molecule has 0 aliphatic heterocycles. The first-order chi connectivity index (χ1) is 2.56. The minimum atomic E-state index is -3.23. The second kappa shape index (κ2) is 1.98. The van der Waals surface area contributed by atoms with Crippen molar-refractivity contribution in [2.75, 3.05) is 6.26 Å². The monoisotopic (exact) mass is 127 g/mol. The molecule has 0 amide bonds. The maximum Gasteiger partial charge on any atom is 0.321 e. The summed E-state index contributed by atoms with van der Waals surface area (Å²) in [4.78, 5) is 8.12. The van der Waals surface area contributed by atoms with Crippen molar-refractivity contribution in [1.82, 2.24) is 0 Å². The van der Waals surface area contributed by atoms with Crippen molar-refractivity contribution >= 4 is 18.1 Å². The molecule has 0 aliphatic rings. The molecule has 3 nitrogen and oxygen atoms in total. The van der Waals surface area contributed by atoms with Gasteiger partial charge in [0.15, 0.2) is 0 Å². The molecule has 0 saturated heterocycles. The molecule has 5 heteroatoms. The van der Waals surface area contributed by atoms with Crippen LogP contribution >= 0.6 is 18.1 Å². The standard InChI is InChI=1S/CH6NO2PS/c1-6-5(2,3)4/h1H3,(H3,2,3,4). The van der Waals surface area contributed by atoms with Crippen molar-refractivity contribution in [1.29, 1.82) is 0 Å². The summed E-state index contributed by atoms with van der Waals surface area (Å²) in [5.74, 6) is 0. The van der Waals surface area contributed by atoms with Crippen molar-refractivity contribution in [3.63, 3.8) is 0 Å². The van der Waals surface area contributed by atoms with Crippen LogP contribution in [-0.4, -0.2) is 11.1 Å². The van der Waals surface area contributed by atoms with Crippen LogP contribution in [0.4, 0.5) is 0 Å². The van der Waals surface area contributed by atoms with E-state index in [1.807, 2.05) is 0 Å². The van der Waals surface area contributed by atoms with Crippen LogP contribution in [0.2, 0.25) is 0 Å². The molecule has 0 saturated carbocycles. The molecule has 0 heterocycles. The topological polar surface area (TPSA) is 63.3 Å². The van der Waals surface area contributed by atoms with Crippen LogP contribution in [0.25, 0.3) is 0 Å². The first-order valence-corrected chi connectivity index (χ1v) is 4.79. The summed E-state index contributed by atoms with van der Waals surface area (Å²) >= 11 is 0.771. The molecule has 3 N–H and O–H groups in total. The van der Waals surface area contributed by atoms with E-state index in [0.29, 0.717) is 0 Å². The molecule has 0 radical (unpaired) electrons. The van der Waals surface area contributed by atoms with Crippen molar-refractivity contribution in [2.24, 2.45) is 5.50 Å². The molecule has 1 unspecified atom stereocenters. The van der Waals surface area contributed by atoms with Crippen LogP contribution in [0.15, 0.2) is 0 Å². The molecule has 0 aliphatic carbocycles. The Morgan fingerprint density at radius 2 is 2.17 bits per heavy atom. The lowest BCUT2D eigenvalue weighted by atomic mass is 12.0. The lowest BCUT2D eigenvalue weighted by molar-refractivity contribution is 0.499. The molecule has 0 fully saturated rings. The summed E-state index contributed by atoms with van der Waals surface area (Å²) in [7, 11) is 0. The quantitative estimate of drug-likeness (QED) is 0.501. The highest BCUT2D eigenvalue weighted by Gasteiger charge is 2.03. The molecular formula is CH6NO2PS. The predicted octanol–water partition coefficient (Wildman–Crippen LogP) is 0.408. The molecule has 1 atom stereocenters. The molecule has 38 valence electrons. The Labute approximate surface area is 40.2 Å². The summed E-state index contributed by atoms with van der Waals surface area (Å²) < 4.78 is 9.88. The fourth-order valence-electron chi connectivity index (χ4n) is 0. The average Bonchev–Trinajstić information content (AvgIpc) is 1.35. The number of rotatable bonds is 1. The summed E-state index contributed by atoms with van der Waals surface area (Å²) in [6.07, 6.45) is 1.49. The lowest BCUT2D eigenvalue weighted by Gasteiger charge is -1.93. The van der Waals surface area contributed by atoms with E-state index in [4.69, 9.17) is 4.89 Å². The molecule has 0 spiro atoms. The van der Waals surface area contributed by atoms with Gasteiger partial charge in [-0.15, -0.1) is 0 Å². The van der Waals surface area contributed by atoms with Gasteiger partial charge < -0.3 is 4.89 Å². The number of hydrogen-bond donors (Lipinski definition) is 2. The fraction of sp³-hybridized carbons (Fsp3) is 1.00. The van der Waals surface area contributed by atoms with E-state index in [-0.39, 0.29) is 0 Å². The minimum Gasteiger partial charge on any atom is -0.326 e. The summed E-state index contributed by atoms with van der Waals surface area (Å²) in [6.45, 7) is -3.23. The highest BCUT2D eigenvalue weighted by molar-refractivity contribution is 8.55. The Morgan fingerprint density at radius 3 is 2.17 bits per heavy atom. The van der Waals surface area contributed by atoms with E-state index >= 15 is 0 Å². The van der Waals surface area contributed by atoms with E-state index in [1.165, 1.54) is 6.26 Å². The third-order valence-electron chi connectivity index (χ3n) is 0.262. The molecular weight excluding hydrogens is 121 g/mol. The Hall–Kier alpha value is 0.500. The largest absolute Gasteiger partial charge is 0.326 e. The van der Waals surface area contributed by atoms with Gasteiger partial charge in [-0.05, 0) is 6.26 Å². The van der Waals surface area contributed by atoms with E-state index in [2.05, 4.69) is 5.50 Å². The SMILES string of the molecule is CSP(N)(=O)O. The van der Waals surface area contributed by atoms with Gasteiger partial charge in [0, 0.05) is 0 Å². The lowest BCUT2D eigenvalue weighted by Crippen LogP contribution is -1.83. The summed E-state index contributed by atoms with van der Waals surface area (Å²) in [6, 6.07) is 0. The first kappa shape index (κ1) is 6.50. The highest BCUT2D eigenvalue weighted by atomic mass is 32.7. The third-order valence-corrected chi connectivity index (χ3v) is 2.35. The Kier molecular flexibility index (Phi) is 2.15. The Morgan fingerprint density at radius 1 is 2.00 bits per heavy atom. The van der Waals surface area contributed by atoms with Gasteiger partial charge in [0.05, 0.1) is 0 Å². The minimum absolute atomic E-state index is 0.771. The van der Waals surface area contributed by atoms with Crippen molar-refractivity contribution in [3.8, 4) is 0 Å². The molecule has 6 heavy (non-hydrogen) atoms. The average molecular weight is 127 g/mol. The normalized spacial score (nSPS) is 19.8. The summed E-state index contributed by atoms with van der Waals surface area (Å²) in [5.41, 5.74) is 4.61. The van der Waals surface area contributed by atoms with Gasteiger partial charge >= 0.3 is 6.72 Å². The van der Waals surface area contributed by atoms with Gasteiger partial charge in [0.1, 0.15) is 0 Å². The summed E-state index contributed by atoms with van der Waals surface area (Å²) in [5, 5.41) is 0. The smallest absolute Gasteiger partial charge is 0.321 e. The zero-order chi connectivity index (χ0) is 5.21. The van der Waals surface area contributed by atoms with Gasteiger partial charge in [-0.2, -0.15) is 0 Å². The van der Waals surface area contributed by atoms with Gasteiger partial charge in [0.2, 0.25) is 0 Å². The van der Waals surface area contributed by atoms with E-state index < -0.39 is 6.72 Å². The molecule has 0 aromatic rings. The van der Waals surface area contributed by atoms with Gasteiger partial charge in [-0.25, -0.2) is 0 Å². The van der Waals surface area contributed by atoms with E-state index in [1.54, 1.807) is 0 Å². The van der Waals surface area contributed by atoms with Crippen LogP contribution < -0.4 is 5.50 Å². The zero-order valence-corrected chi connectivity index (χ0v) is 5.00. The Bertz CT molecular complexity index is 77.6. The third kappa shape index (κ3) is 4.50.